The second-order valence-electron chi connectivity index (χ2n) is 6.11. The van der Waals surface area contributed by atoms with E-state index in [0.29, 0.717) is 28.4 Å². The normalized spacial score (nSPS) is 14.4. The summed E-state index contributed by atoms with van der Waals surface area (Å²) in [6.45, 7) is 2.19. The molecule has 2 aromatic rings. The van der Waals surface area contributed by atoms with Gasteiger partial charge in [0.2, 0.25) is 5.78 Å². The number of unbranched alkanes of at least 4 members (excludes halogenated alkanes) is 1. The van der Waals surface area contributed by atoms with E-state index in [1.165, 1.54) is 18.4 Å². The third kappa shape index (κ3) is 3.53. The van der Waals surface area contributed by atoms with Gasteiger partial charge in [0.15, 0.2) is 0 Å². The summed E-state index contributed by atoms with van der Waals surface area (Å²) in [5, 5.41) is 3.18. The van der Waals surface area contributed by atoms with Gasteiger partial charge in [-0.05, 0) is 30.0 Å². The molecule has 0 spiro atoms. The first-order chi connectivity index (χ1) is 12.2. The number of fused-ring (bicyclic) bond motifs is 1. The lowest BCUT2D eigenvalue weighted by Gasteiger charge is -2.08. The number of hydrogen-bond acceptors (Lipinski definition) is 4. The van der Waals surface area contributed by atoms with Gasteiger partial charge in [0.05, 0.1) is 31.2 Å². The van der Waals surface area contributed by atoms with Crippen LogP contribution in [0.15, 0.2) is 42.1 Å². The first kappa shape index (κ1) is 17.1. The molecule has 0 fully saturated rings. The minimum atomic E-state index is -0.0652. The highest BCUT2D eigenvalue weighted by molar-refractivity contribution is 6.22. The molecule has 1 aliphatic rings. The van der Waals surface area contributed by atoms with E-state index in [9.17, 15) is 4.79 Å². The molecule has 4 heteroatoms. The zero-order chi connectivity index (χ0) is 17.8. The van der Waals surface area contributed by atoms with E-state index in [4.69, 9.17) is 9.47 Å². The maximum Gasteiger partial charge on any atom is 0.215 e. The highest BCUT2D eigenvalue weighted by Gasteiger charge is 2.29. The molecule has 0 atom stereocenters. The van der Waals surface area contributed by atoms with E-state index in [-0.39, 0.29) is 5.78 Å². The van der Waals surface area contributed by atoms with Crippen LogP contribution < -0.4 is 14.8 Å². The SMILES string of the molecule is CCCCc1ccc(/C=C2\Nc3cc(OC)cc(OC)c3C2=O)cc1. The standard InChI is InChI=1S/C21H23NO3/c1-4-5-6-14-7-9-15(10-8-14)11-18-21(23)20-17(22-18)12-16(24-2)13-19(20)25-3/h7-13,22H,4-6H2,1-3H3/b18-11-. The number of ketones is 1. The molecular weight excluding hydrogens is 314 g/mol. The Morgan fingerprint density at radius 2 is 1.84 bits per heavy atom. The van der Waals surface area contributed by atoms with Gasteiger partial charge in [0, 0.05) is 12.1 Å². The molecule has 0 saturated carbocycles. The number of ether oxygens (including phenoxy) is 2. The van der Waals surface area contributed by atoms with Gasteiger partial charge in [-0.15, -0.1) is 0 Å². The number of allylic oxidation sites excluding steroid dienone is 1. The lowest BCUT2D eigenvalue weighted by Crippen LogP contribution is -2.01. The Morgan fingerprint density at radius 1 is 1.08 bits per heavy atom. The quantitative estimate of drug-likeness (QED) is 0.777. The highest BCUT2D eigenvalue weighted by atomic mass is 16.5. The third-order valence-corrected chi connectivity index (χ3v) is 4.38. The first-order valence-corrected chi connectivity index (χ1v) is 8.54. The van der Waals surface area contributed by atoms with Crippen LogP contribution >= 0.6 is 0 Å². The maximum absolute atomic E-state index is 12.7. The summed E-state index contributed by atoms with van der Waals surface area (Å²) in [6.07, 6.45) is 5.34. The third-order valence-electron chi connectivity index (χ3n) is 4.38. The van der Waals surface area contributed by atoms with Crippen molar-refractivity contribution in [3.63, 3.8) is 0 Å². The van der Waals surface area contributed by atoms with Gasteiger partial charge in [-0.25, -0.2) is 0 Å². The molecule has 3 rings (SSSR count). The van der Waals surface area contributed by atoms with Crippen molar-refractivity contribution in [2.75, 3.05) is 19.5 Å². The lowest BCUT2D eigenvalue weighted by atomic mass is 10.0. The smallest absolute Gasteiger partial charge is 0.215 e. The molecule has 0 aliphatic carbocycles. The molecule has 0 bridgehead atoms. The second kappa shape index (κ2) is 7.43. The van der Waals surface area contributed by atoms with Gasteiger partial charge in [-0.2, -0.15) is 0 Å². The molecule has 0 saturated heterocycles. The van der Waals surface area contributed by atoms with Crippen molar-refractivity contribution >= 4 is 17.5 Å². The molecule has 0 aromatic heterocycles. The summed E-state index contributed by atoms with van der Waals surface area (Å²) >= 11 is 0. The highest BCUT2D eigenvalue weighted by Crippen LogP contribution is 2.39. The average molecular weight is 337 g/mol. The van der Waals surface area contributed by atoms with Crippen LogP contribution in [0.4, 0.5) is 5.69 Å². The van der Waals surface area contributed by atoms with Crippen molar-refractivity contribution in [2.24, 2.45) is 0 Å². The molecule has 0 unspecified atom stereocenters. The van der Waals surface area contributed by atoms with Crippen LogP contribution in [0.25, 0.3) is 6.08 Å². The molecule has 130 valence electrons. The van der Waals surface area contributed by atoms with Gasteiger partial charge in [0.1, 0.15) is 11.5 Å². The fourth-order valence-corrected chi connectivity index (χ4v) is 2.97. The molecular formula is C21H23NO3. The molecule has 25 heavy (non-hydrogen) atoms. The van der Waals surface area contributed by atoms with Crippen LogP contribution in [0.5, 0.6) is 11.5 Å². The van der Waals surface area contributed by atoms with E-state index in [0.717, 1.165) is 12.0 Å². The number of hydrogen-bond donors (Lipinski definition) is 1. The van der Waals surface area contributed by atoms with Crippen molar-refractivity contribution in [3.8, 4) is 11.5 Å². The zero-order valence-corrected chi connectivity index (χ0v) is 14.9. The monoisotopic (exact) mass is 337 g/mol. The van der Waals surface area contributed by atoms with Gasteiger partial charge in [-0.3, -0.25) is 4.79 Å². The summed E-state index contributed by atoms with van der Waals surface area (Å²) < 4.78 is 10.6. The molecule has 1 heterocycles. The average Bonchev–Trinajstić information content (AvgIpc) is 2.96. The summed E-state index contributed by atoms with van der Waals surface area (Å²) in [5.41, 5.74) is 4.13. The fraction of sp³-hybridized carbons (Fsp3) is 0.286. The predicted molar refractivity (Wildman–Crippen MR) is 101 cm³/mol. The first-order valence-electron chi connectivity index (χ1n) is 8.54. The topological polar surface area (TPSA) is 47.6 Å². The Labute approximate surface area is 148 Å². The molecule has 2 aromatic carbocycles. The van der Waals surface area contributed by atoms with E-state index in [2.05, 4.69) is 24.4 Å². The molecule has 0 amide bonds. The number of benzene rings is 2. The van der Waals surface area contributed by atoms with E-state index in [1.807, 2.05) is 24.3 Å². The Kier molecular flexibility index (Phi) is 5.08. The number of anilines is 1. The van der Waals surface area contributed by atoms with E-state index >= 15 is 0 Å². The lowest BCUT2D eigenvalue weighted by molar-refractivity contribution is 0.104. The summed E-state index contributed by atoms with van der Waals surface area (Å²) in [5.74, 6) is 1.10. The number of rotatable bonds is 6. The Hall–Kier alpha value is -2.75. The summed E-state index contributed by atoms with van der Waals surface area (Å²) in [7, 11) is 3.15. The van der Waals surface area contributed by atoms with Crippen molar-refractivity contribution < 1.29 is 14.3 Å². The van der Waals surface area contributed by atoms with Crippen molar-refractivity contribution in [2.45, 2.75) is 26.2 Å². The number of Topliss-reactive ketones (excluding diaryl/α,β-unsaturated/α-hetero) is 1. The van der Waals surface area contributed by atoms with Crippen molar-refractivity contribution in [3.05, 3.63) is 58.8 Å². The summed E-state index contributed by atoms with van der Waals surface area (Å²) in [6, 6.07) is 11.9. The predicted octanol–water partition coefficient (Wildman–Crippen LogP) is 4.70. The van der Waals surface area contributed by atoms with Gasteiger partial charge in [-0.1, -0.05) is 37.6 Å². The van der Waals surface area contributed by atoms with Crippen LogP contribution in [0.2, 0.25) is 0 Å². The largest absolute Gasteiger partial charge is 0.497 e. The minimum Gasteiger partial charge on any atom is -0.497 e. The van der Waals surface area contributed by atoms with Gasteiger partial charge < -0.3 is 14.8 Å². The van der Waals surface area contributed by atoms with E-state index < -0.39 is 0 Å². The number of carbonyl (C=O) groups is 1. The van der Waals surface area contributed by atoms with E-state index in [1.54, 1.807) is 20.3 Å². The number of nitrogens with one attached hydrogen (secondary N) is 1. The van der Waals surface area contributed by atoms with Gasteiger partial charge >= 0.3 is 0 Å². The Balaban J connectivity index is 1.87. The Bertz CT molecular complexity index is 807. The number of carbonyl (C=O) groups excluding carboxylic acids is 1. The van der Waals surface area contributed by atoms with Gasteiger partial charge in [0.25, 0.3) is 0 Å². The minimum absolute atomic E-state index is 0.0652. The molecule has 4 nitrogen and oxygen atoms in total. The Morgan fingerprint density at radius 3 is 2.48 bits per heavy atom. The van der Waals surface area contributed by atoms with Crippen LogP contribution in [0.3, 0.4) is 0 Å². The van der Waals surface area contributed by atoms with Crippen molar-refractivity contribution in [1.29, 1.82) is 0 Å². The van der Waals surface area contributed by atoms with Crippen molar-refractivity contribution in [1.82, 2.24) is 0 Å². The fourth-order valence-electron chi connectivity index (χ4n) is 2.97. The van der Waals surface area contributed by atoms with Crippen LogP contribution in [-0.4, -0.2) is 20.0 Å². The zero-order valence-electron chi connectivity index (χ0n) is 14.9. The molecule has 0 radical (unpaired) electrons. The van der Waals surface area contributed by atoms with Crippen LogP contribution in [0, 0.1) is 0 Å². The molecule has 1 aliphatic heterocycles. The van der Waals surface area contributed by atoms with Crippen LogP contribution in [-0.2, 0) is 6.42 Å². The van der Waals surface area contributed by atoms with Crippen LogP contribution in [0.1, 0.15) is 41.3 Å². The molecule has 1 N–H and O–H groups in total. The number of aryl methyl sites for hydroxylation is 1. The second-order valence-corrected chi connectivity index (χ2v) is 6.11. The maximum atomic E-state index is 12.7. The number of methoxy groups -OCH3 is 2. The summed E-state index contributed by atoms with van der Waals surface area (Å²) in [4.78, 5) is 12.7.